The average molecular weight is 405 g/mol. The van der Waals surface area contributed by atoms with Crippen LogP contribution in [0.25, 0.3) is 0 Å². The lowest BCUT2D eigenvalue weighted by Crippen LogP contribution is -2.39. The molecule has 8 nitrogen and oxygen atoms in total. The van der Waals surface area contributed by atoms with Gasteiger partial charge in [-0.25, -0.2) is 9.97 Å². The largest absolute Gasteiger partial charge is 0.483 e. The van der Waals surface area contributed by atoms with Crippen molar-refractivity contribution in [3.05, 3.63) is 77.0 Å². The minimum Gasteiger partial charge on any atom is -0.483 e. The highest BCUT2D eigenvalue weighted by Gasteiger charge is 2.32. The highest BCUT2D eigenvalue weighted by molar-refractivity contribution is 5.93. The van der Waals surface area contributed by atoms with Gasteiger partial charge in [-0.2, -0.15) is 0 Å². The highest BCUT2D eigenvalue weighted by Crippen LogP contribution is 2.32. The molecule has 154 valence electrons. The van der Waals surface area contributed by atoms with Gasteiger partial charge < -0.3 is 19.9 Å². The van der Waals surface area contributed by atoms with E-state index in [0.29, 0.717) is 18.8 Å². The Morgan fingerprint density at radius 2 is 2.00 bits per heavy atom. The Kier molecular flexibility index (Phi) is 5.47. The van der Waals surface area contributed by atoms with Gasteiger partial charge in [-0.15, -0.1) is 0 Å². The van der Waals surface area contributed by atoms with Gasteiger partial charge in [0, 0.05) is 26.1 Å². The minimum atomic E-state index is -0.250. The second kappa shape index (κ2) is 8.36. The summed E-state index contributed by atoms with van der Waals surface area (Å²) in [5.41, 5.74) is 4.93. The molecule has 1 amide bonds. The summed E-state index contributed by atoms with van der Waals surface area (Å²) in [6, 6.07) is 14.2. The molecule has 30 heavy (non-hydrogen) atoms. The zero-order valence-corrected chi connectivity index (χ0v) is 16.7. The molecule has 2 aliphatic heterocycles. The topological polar surface area (TPSA) is 102 Å². The second-order valence-electron chi connectivity index (χ2n) is 7.37. The molecule has 4 heterocycles. The van der Waals surface area contributed by atoms with Crippen LogP contribution in [-0.4, -0.2) is 57.5 Å². The number of anilines is 1. The van der Waals surface area contributed by atoms with E-state index in [2.05, 4.69) is 32.0 Å². The van der Waals surface area contributed by atoms with Gasteiger partial charge in [-0.05, 0) is 23.6 Å². The lowest BCUT2D eigenvalue weighted by molar-refractivity contribution is -0.122. The number of H-pyrrole nitrogens is 1. The lowest BCUT2D eigenvalue weighted by atomic mass is 9.91. The van der Waals surface area contributed by atoms with Gasteiger partial charge in [0.25, 0.3) is 12.4 Å². The highest BCUT2D eigenvalue weighted by atomic mass is 16.3. The van der Waals surface area contributed by atoms with Crippen molar-refractivity contribution in [3.8, 4) is 0 Å². The third kappa shape index (κ3) is 3.63. The van der Waals surface area contributed by atoms with Gasteiger partial charge in [0.05, 0.1) is 24.3 Å². The maximum absolute atomic E-state index is 13.2. The summed E-state index contributed by atoms with van der Waals surface area (Å²) in [5.74, 6) is 0.973. The van der Waals surface area contributed by atoms with E-state index in [0.717, 1.165) is 30.2 Å². The number of nitrogens with one attached hydrogen (secondary N) is 1. The SMILES string of the molecule is CN1CCc2ccc(C(=O)N3Cc4[nH]cnc4C(c4ccccc4)C3)nc21.O=CO. The lowest BCUT2D eigenvalue weighted by Gasteiger charge is -2.32. The number of carbonyl (C=O) groups excluding carboxylic acids is 1. The van der Waals surface area contributed by atoms with Crippen LogP contribution in [0.1, 0.15) is 38.9 Å². The smallest absolute Gasteiger partial charge is 0.290 e. The molecule has 0 aliphatic carbocycles. The molecule has 0 fully saturated rings. The van der Waals surface area contributed by atoms with E-state index in [1.165, 1.54) is 11.1 Å². The Morgan fingerprint density at radius 1 is 1.23 bits per heavy atom. The zero-order chi connectivity index (χ0) is 21.1. The molecular weight excluding hydrogens is 382 g/mol. The summed E-state index contributed by atoms with van der Waals surface area (Å²) in [4.78, 5) is 38.0. The van der Waals surface area contributed by atoms with E-state index in [-0.39, 0.29) is 18.3 Å². The van der Waals surface area contributed by atoms with Crippen LogP contribution in [0.5, 0.6) is 0 Å². The molecule has 0 saturated heterocycles. The molecule has 5 rings (SSSR count). The van der Waals surface area contributed by atoms with Crippen molar-refractivity contribution >= 4 is 18.2 Å². The Morgan fingerprint density at radius 3 is 2.77 bits per heavy atom. The van der Waals surface area contributed by atoms with Crippen molar-refractivity contribution < 1.29 is 14.7 Å². The number of imidazole rings is 1. The van der Waals surface area contributed by atoms with E-state index in [4.69, 9.17) is 9.90 Å². The summed E-state index contributed by atoms with van der Waals surface area (Å²) in [7, 11) is 2.02. The van der Waals surface area contributed by atoms with Crippen LogP contribution in [0, 0.1) is 0 Å². The van der Waals surface area contributed by atoms with Crippen LogP contribution >= 0.6 is 0 Å². The Labute approximate surface area is 174 Å². The molecule has 1 aromatic carbocycles. The number of carboxylic acid groups (broad SMARTS) is 1. The van der Waals surface area contributed by atoms with Crippen molar-refractivity contribution in [1.29, 1.82) is 0 Å². The van der Waals surface area contributed by atoms with Gasteiger partial charge in [0.1, 0.15) is 11.5 Å². The van der Waals surface area contributed by atoms with Gasteiger partial charge in [0.2, 0.25) is 0 Å². The van der Waals surface area contributed by atoms with Crippen molar-refractivity contribution in [2.24, 2.45) is 0 Å². The van der Waals surface area contributed by atoms with Crippen LogP contribution in [-0.2, 0) is 17.8 Å². The first-order valence-electron chi connectivity index (χ1n) is 9.77. The molecule has 2 N–H and O–H groups in total. The second-order valence-corrected chi connectivity index (χ2v) is 7.37. The summed E-state index contributed by atoms with van der Waals surface area (Å²) in [6.07, 6.45) is 2.71. The van der Waals surface area contributed by atoms with Crippen LogP contribution in [0.2, 0.25) is 0 Å². The average Bonchev–Trinajstić information content (AvgIpc) is 3.40. The molecule has 1 atom stereocenters. The van der Waals surface area contributed by atoms with Gasteiger partial charge in [0.15, 0.2) is 0 Å². The molecular formula is C22H23N5O3. The fourth-order valence-electron chi connectivity index (χ4n) is 4.10. The molecule has 3 aromatic rings. The predicted molar refractivity (Wildman–Crippen MR) is 112 cm³/mol. The Bertz CT molecular complexity index is 1050. The summed E-state index contributed by atoms with van der Waals surface area (Å²) < 4.78 is 0. The number of amides is 1. The first kappa shape index (κ1) is 19.6. The molecule has 8 heteroatoms. The molecule has 2 aliphatic rings. The first-order valence-corrected chi connectivity index (χ1v) is 9.77. The van der Waals surface area contributed by atoms with Crippen molar-refractivity contribution in [2.75, 3.05) is 25.0 Å². The third-order valence-electron chi connectivity index (χ3n) is 5.58. The van der Waals surface area contributed by atoms with Crippen LogP contribution < -0.4 is 4.90 Å². The standard InChI is InChI=1S/C21H21N5O.CH2O2/c1-25-10-9-15-7-8-17(24-20(15)25)21(27)26-11-16(14-5-3-2-4-6-14)19-18(12-26)22-13-23-19;2-1-3/h2-8,13,16H,9-12H2,1H3,(H,22,23);1H,(H,2,3). The summed E-state index contributed by atoms with van der Waals surface area (Å²) in [6.45, 7) is 1.85. The number of benzene rings is 1. The van der Waals surface area contributed by atoms with Gasteiger partial charge in [-0.1, -0.05) is 36.4 Å². The molecule has 0 bridgehead atoms. The monoisotopic (exact) mass is 405 g/mol. The van der Waals surface area contributed by atoms with Gasteiger partial charge in [-0.3, -0.25) is 9.59 Å². The molecule has 0 saturated carbocycles. The number of fused-ring (bicyclic) bond motifs is 2. The normalized spacial score (nSPS) is 16.9. The Hall–Kier alpha value is -3.68. The zero-order valence-electron chi connectivity index (χ0n) is 16.7. The van der Waals surface area contributed by atoms with Crippen LogP contribution in [0.15, 0.2) is 48.8 Å². The minimum absolute atomic E-state index is 0.0284. The van der Waals surface area contributed by atoms with Crippen molar-refractivity contribution in [3.63, 3.8) is 0 Å². The fourth-order valence-corrected chi connectivity index (χ4v) is 4.10. The number of hydrogen-bond acceptors (Lipinski definition) is 5. The quantitative estimate of drug-likeness (QED) is 0.634. The summed E-state index contributed by atoms with van der Waals surface area (Å²) in [5, 5.41) is 6.89. The van der Waals surface area contributed by atoms with Crippen molar-refractivity contribution in [2.45, 2.75) is 18.9 Å². The number of aromatic amines is 1. The molecule has 0 spiro atoms. The number of rotatable bonds is 2. The predicted octanol–water partition coefficient (Wildman–Crippen LogP) is 2.29. The van der Waals surface area contributed by atoms with E-state index >= 15 is 0 Å². The number of hydrogen-bond donors (Lipinski definition) is 2. The maximum Gasteiger partial charge on any atom is 0.290 e. The first-order chi connectivity index (χ1) is 14.6. The summed E-state index contributed by atoms with van der Waals surface area (Å²) >= 11 is 0. The maximum atomic E-state index is 13.2. The van der Waals surface area contributed by atoms with Crippen molar-refractivity contribution in [1.82, 2.24) is 19.9 Å². The van der Waals surface area contributed by atoms with Crippen LogP contribution in [0.3, 0.4) is 0 Å². The van der Waals surface area contributed by atoms with E-state index in [1.54, 1.807) is 6.33 Å². The van der Waals surface area contributed by atoms with Gasteiger partial charge >= 0.3 is 0 Å². The number of nitrogens with zero attached hydrogens (tertiary/aromatic N) is 4. The number of pyridine rings is 1. The van der Waals surface area contributed by atoms with E-state index in [9.17, 15) is 4.79 Å². The number of carbonyl (C=O) groups is 2. The number of aromatic nitrogens is 3. The van der Waals surface area contributed by atoms with Crippen LogP contribution in [0.4, 0.5) is 5.82 Å². The molecule has 2 aromatic heterocycles. The van der Waals surface area contributed by atoms with E-state index < -0.39 is 0 Å². The molecule has 1 unspecified atom stereocenters. The third-order valence-corrected chi connectivity index (χ3v) is 5.58. The fraction of sp³-hybridized carbons (Fsp3) is 0.273. The molecule has 0 radical (unpaired) electrons. The Balaban J connectivity index is 0.000000687. The number of likely N-dealkylation sites (N-methyl/N-ethyl adjacent to an activating group) is 1. The van der Waals surface area contributed by atoms with E-state index in [1.807, 2.05) is 42.3 Å².